The first kappa shape index (κ1) is 15.9. The van der Waals surface area contributed by atoms with Crippen molar-refractivity contribution in [3.05, 3.63) is 29.6 Å². The van der Waals surface area contributed by atoms with Crippen molar-refractivity contribution < 1.29 is 28.6 Å². The summed E-state index contributed by atoms with van der Waals surface area (Å²) in [6, 6.07) is 3.50. The molecule has 1 aromatic carbocycles. The van der Waals surface area contributed by atoms with Gasteiger partial charge in [-0.05, 0) is 25.1 Å². The fourth-order valence-electron chi connectivity index (χ4n) is 1.56. The van der Waals surface area contributed by atoms with Crippen molar-refractivity contribution in [1.29, 1.82) is 0 Å². The molecule has 7 heteroatoms. The van der Waals surface area contributed by atoms with Crippen LogP contribution in [0.3, 0.4) is 0 Å². The van der Waals surface area contributed by atoms with Crippen LogP contribution in [0.15, 0.2) is 18.2 Å². The van der Waals surface area contributed by atoms with E-state index in [2.05, 4.69) is 5.32 Å². The quantitative estimate of drug-likeness (QED) is 0.816. The van der Waals surface area contributed by atoms with Gasteiger partial charge >= 0.3 is 5.97 Å². The van der Waals surface area contributed by atoms with E-state index in [1.807, 2.05) is 0 Å². The highest BCUT2D eigenvalue weighted by atomic mass is 19.1. The van der Waals surface area contributed by atoms with E-state index in [0.29, 0.717) is 0 Å². The summed E-state index contributed by atoms with van der Waals surface area (Å²) in [7, 11) is 2.60. The number of aliphatic carboxylic acids is 1. The minimum absolute atomic E-state index is 0.0897. The van der Waals surface area contributed by atoms with E-state index < -0.39 is 23.2 Å². The SMILES string of the molecule is COCC(C)(NC(=O)c1ccc(F)c(OC)c1)C(=O)O. The van der Waals surface area contributed by atoms with Crippen LogP contribution in [0.2, 0.25) is 0 Å². The maximum Gasteiger partial charge on any atom is 0.331 e. The Kier molecular flexibility index (Phi) is 5.04. The molecule has 0 aliphatic carbocycles. The summed E-state index contributed by atoms with van der Waals surface area (Å²) in [6.45, 7) is 1.11. The number of ether oxygens (including phenoxy) is 2. The molecule has 2 N–H and O–H groups in total. The summed E-state index contributed by atoms with van der Waals surface area (Å²) in [5, 5.41) is 11.5. The first-order chi connectivity index (χ1) is 9.34. The largest absolute Gasteiger partial charge is 0.494 e. The molecular formula is C13H16FNO5. The Balaban J connectivity index is 2.98. The topological polar surface area (TPSA) is 84.9 Å². The molecule has 0 fully saturated rings. The number of rotatable bonds is 6. The number of carbonyl (C=O) groups is 2. The summed E-state index contributed by atoms with van der Waals surface area (Å²) < 4.78 is 22.8. The molecule has 1 aromatic rings. The lowest BCUT2D eigenvalue weighted by molar-refractivity contribution is -0.145. The molecule has 20 heavy (non-hydrogen) atoms. The van der Waals surface area contributed by atoms with E-state index in [1.165, 1.54) is 33.3 Å². The molecule has 0 spiro atoms. The number of benzene rings is 1. The van der Waals surface area contributed by atoms with Crippen molar-refractivity contribution in [2.45, 2.75) is 12.5 Å². The fourth-order valence-corrected chi connectivity index (χ4v) is 1.56. The maximum absolute atomic E-state index is 13.2. The van der Waals surface area contributed by atoms with Gasteiger partial charge in [-0.2, -0.15) is 0 Å². The van der Waals surface area contributed by atoms with Crippen molar-refractivity contribution in [2.75, 3.05) is 20.8 Å². The monoisotopic (exact) mass is 285 g/mol. The summed E-state index contributed by atoms with van der Waals surface area (Å²) in [4.78, 5) is 23.2. The highest BCUT2D eigenvalue weighted by Crippen LogP contribution is 2.18. The lowest BCUT2D eigenvalue weighted by Crippen LogP contribution is -2.55. The molecule has 110 valence electrons. The number of carboxylic acids is 1. The second-order valence-corrected chi connectivity index (χ2v) is 4.37. The van der Waals surface area contributed by atoms with Crippen molar-refractivity contribution in [1.82, 2.24) is 5.32 Å². The van der Waals surface area contributed by atoms with Gasteiger partial charge in [0.05, 0.1) is 13.7 Å². The lowest BCUT2D eigenvalue weighted by atomic mass is 10.0. The number of amides is 1. The molecule has 0 bridgehead atoms. The van der Waals surface area contributed by atoms with Gasteiger partial charge < -0.3 is 19.9 Å². The summed E-state index contributed by atoms with van der Waals surface area (Å²) >= 11 is 0. The number of carboxylic acid groups (broad SMARTS) is 1. The highest BCUT2D eigenvalue weighted by Gasteiger charge is 2.35. The summed E-state index contributed by atoms with van der Waals surface area (Å²) in [5.41, 5.74) is -1.49. The van der Waals surface area contributed by atoms with Crippen LogP contribution >= 0.6 is 0 Å². The molecule has 1 rings (SSSR count). The molecule has 0 radical (unpaired) electrons. The van der Waals surface area contributed by atoms with Gasteiger partial charge in [0.25, 0.3) is 5.91 Å². The zero-order valence-electron chi connectivity index (χ0n) is 11.4. The van der Waals surface area contributed by atoms with E-state index in [9.17, 15) is 14.0 Å². The van der Waals surface area contributed by atoms with Gasteiger partial charge in [0.1, 0.15) is 0 Å². The van der Waals surface area contributed by atoms with Gasteiger partial charge in [0.2, 0.25) is 0 Å². The van der Waals surface area contributed by atoms with Crippen molar-refractivity contribution in [2.24, 2.45) is 0 Å². The van der Waals surface area contributed by atoms with Crippen LogP contribution in [-0.4, -0.2) is 43.3 Å². The molecule has 1 unspecified atom stereocenters. The molecule has 0 aromatic heterocycles. The van der Waals surface area contributed by atoms with Gasteiger partial charge in [-0.1, -0.05) is 0 Å². The third-order valence-corrected chi connectivity index (χ3v) is 2.71. The fraction of sp³-hybridized carbons (Fsp3) is 0.385. The first-order valence-electron chi connectivity index (χ1n) is 5.72. The molecule has 0 aliphatic rings. The Morgan fingerprint density at radius 1 is 1.40 bits per heavy atom. The average Bonchev–Trinajstić information content (AvgIpc) is 2.39. The normalized spacial score (nSPS) is 13.4. The lowest BCUT2D eigenvalue weighted by Gasteiger charge is -2.25. The summed E-state index contributed by atoms with van der Waals surface area (Å²) in [5.74, 6) is -2.60. The molecule has 0 heterocycles. The molecule has 6 nitrogen and oxygen atoms in total. The Morgan fingerprint density at radius 3 is 2.55 bits per heavy atom. The molecular weight excluding hydrogens is 269 g/mol. The number of nitrogens with one attached hydrogen (secondary N) is 1. The predicted molar refractivity (Wildman–Crippen MR) is 68.3 cm³/mol. The van der Waals surface area contributed by atoms with Crippen molar-refractivity contribution >= 4 is 11.9 Å². The van der Waals surface area contributed by atoms with E-state index in [0.717, 1.165) is 6.07 Å². The van der Waals surface area contributed by atoms with Crippen LogP contribution in [0, 0.1) is 5.82 Å². The van der Waals surface area contributed by atoms with Gasteiger partial charge in [0.15, 0.2) is 17.1 Å². The Morgan fingerprint density at radius 2 is 2.05 bits per heavy atom. The number of hydrogen-bond donors (Lipinski definition) is 2. The number of carbonyl (C=O) groups excluding carboxylic acids is 1. The minimum Gasteiger partial charge on any atom is -0.494 e. The average molecular weight is 285 g/mol. The van der Waals surface area contributed by atoms with Crippen LogP contribution in [0.25, 0.3) is 0 Å². The third kappa shape index (κ3) is 3.45. The Bertz CT molecular complexity index is 519. The van der Waals surface area contributed by atoms with Gasteiger partial charge in [-0.15, -0.1) is 0 Å². The summed E-state index contributed by atoms with van der Waals surface area (Å²) in [6.07, 6.45) is 0. The van der Waals surface area contributed by atoms with Crippen LogP contribution < -0.4 is 10.1 Å². The third-order valence-electron chi connectivity index (χ3n) is 2.71. The predicted octanol–water partition coefficient (Wildman–Crippen LogP) is 1.05. The molecule has 1 amide bonds. The Labute approximate surface area is 115 Å². The molecule has 0 saturated heterocycles. The number of methoxy groups -OCH3 is 2. The van der Waals surface area contributed by atoms with Crippen LogP contribution in [0.5, 0.6) is 5.75 Å². The molecule has 1 atom stereocenters. The van der Waals surface area contributed by atoms with Crippen LogP contribution in [0.1, 0.15) is 17.3 Å². The number of hydrogen-bond acceptors (Lipinski definition) is 4. The van der Waals surface area contributed by atoms with Crippen LogP contribution in [-0.2, 0) is 9.53 Å². The second kappa shape index (κ2) is 6.33. The zero-order valence-corrected chi connectivity index (χ0v) is 11.4. The van der Waals surface area contributed by atoms with Gasteiger partial charge in [-0.3, -0.25) is 4.79 Å². The van der Waals surface area contributed by atoms with Gasteiger partial charge in [0, 0.05) is 12.7 Å². The Hall–Kier alpha value is -2.15. The van der Waals surface area contributed by atoms with Crippen molar-refractivity contribution in [3.8, 4) is 5.75 Å². The van der Waals surface area contributed by atoms with E-state index in [-0.39, 0.29) is 17.9 Å². The van der Waals surface area contributed by atoms with Gasteiger partial charge in [-0.25, -0.2) is 9.18 Å². The molecule has 0 saturated carbocycles. The van der Waals surface area contributed by atoms with Crippen molar-refractivity contribution in [3.63, 3.8) is 0 Å². The molecule has 0 aliphatic heterocycles. The van der Waals surface area contributed by atoms with Crippen LogP contribution in [0.4, 0.5) is 4.39 Å². The smallest absolute Gasteiger partial charge is 0.331 e. The maximum atomic E-state index is 13.2. The second-order valence-electron chi connectivity index (χ2n) is 4.37. The number of halogens is 1. The minimum atomic E-state index is -1.58. The zero-order chi connectivity index (χ0) is 15.3. The first-order valence-corrected chi connectivity index (χ1v) is 5.72. The van der Waals surface area contributed by atoms with E-state index >= 15 is 0 Å². The highest BCUT2D eigenvalue weighted by molar-refractivity contribution is 5.98. The van der Waals surface area contributed by atoms with E-state index in [1.54, 1.807) is 0 Å². The van der Waals surface area contributed by atoms with E-state index in [4.69, 9.17) is 14.6 Å². The standard InChI is InChI=1S/C13H16FNO5/c1-13(7-19-2,12(17)18)15-11(16)8-4-5-9(14)10(6-8)20-3/h4-6H,7H2,1-3H3,(H,15,16)(H,17,18).